The van der Waals surface area contributed by atoms with Crippen LogP contribution in [0.4, 0.5) is 5.82 Å². The summed E-state index contributed by atoms with van der Waals surface area (Å²) in [7, 11) is 1.66. The molecular formula is C29H41N3O5. The monoisotopic (exact) mass is 511 g/mol. The normalized spacial score (nSPS) is 22.2. The van der Waals surface area contributed by atoms with Gasteiger partial charge in [0.1, 0.15) is 11.9 Å². The maximum absolute atomic E-state index is 12.9. The molecule has 1 aromatic heterocycles. The average molecular weight is 512 g/mol. The third-order valence-electron chi connectivity index (χ3n) is 7.68. The Morgan fingerprint density at radius 1 is 1.19 bits per heavy atom. The van der Waals surface area contributed by atoms with Gasteiger partial charge in [-0.3, -0.25) is 4.79 Å². The SMILES string of the molecule is CCC1(C)CN(C(=O)CCOC(C)(C)O)C[C@H]1c1ccc(OC)c(OC2CN(c3ccc(C)cn3)C2)c1. The van der Waals surface area contributed by atoms with Gasteiger partial charge in [0.15, 0.2) is 17.3 Å². The van der Waals surface area contributed by atoms with Crippen LogP contribution in [0, 0.1) is 12.3 Å². The molecular weight excluding hydrogens is 470 g/mol. The summed E-state index contributed by atoms with van der Waals surface area (Å²) in [6.45, 7) is 12.7. The predicted molar refractivity (Wildman–Crippen MR) is 143 cm³/mol. The average Bonchev–Trinajstić information content (AvgIpc) is 3.19. The minimum atomic E-state index is -1.24. The number of rotatable bonds is 10. The highest BCUT2D eigenvalue weighted by atomic mass is 16.6. The first-order chi connectivity index (χ1) is 17.5. The lowest BCUT2D eigenvalue weighted by Crippen LogP contribution is -2.54. The van der Waals surface area contributed by atoms with Crippen molar-refractivity contribution >= 4 is 11.7 Å². The predicted octanol–water partition coefficient (Wildman–Crippen LogP) is 4.14. The van der Waals surface area contributed by atoms with E-state index < -0.39 is 5.79 Å². The molecule has 37 heavy (non-hydrogen) atoms. The molecule has 1 N–H and O–H groups in total. The van der Waals surface area contributed by atoms with Crippen LogP contribution in [-0.2, 0) is 9.53 Å². The fourth-order valence-electron chi connectivity index (χ4n) is 5.18. The molecule has 1 amide bonds. The number of aliphatic hydroxyl groups is 1. The molecule has 3 heterocycles. The third-order valence-corrected chi connectivity index (χ3v) is 7.68. The zero-order chi connectivity index (χ0) is 26.8. The third kappa shape index (κ3) is 6.36. The van der Waals surface area contributed by atoms with Crippen molar-refractivity contribution in [2.75, 3.05) is 44.8 Å². The fraction of sp³-hybridized carbons (Fsp3) is 0.586. The highest BCUT2D eigenvalue weighted by Gasteiger charge is 2.44. The molecule has 0 radical (unpaired) electrons. The minimum Gasteiger partial charge on any atom is -0.493 e. The summed E-state index contributed by atoms with van der Waals surface area (Å²) >= 11 is 0. The van der Waals surface area contributed by atoms with Crippen LogP contribution in [0.5, 0.6) is 11.5 Å². The Kier molecular flexibility index (Phi) is 7.99. The standard InChI is InChI=1S/C29H41N3O5/c1-7-29(5)19-32(27(33)12-13-36-28(3,4)34)18-23(29)21-9-10-24(35-6)25(14-21)37-22-16-31(17-22)26-11-8-20(2)15-30-26/h8-11,14-15,22-23,34H,7,12-13,16-19H2,1-6H3/t23-,29?/m0/s1. The van der Waals surface area contributed by atoms with Crippen molar-refractivity contribution in [3.05, 3.63) is 47.7 Å². The lowest BCUT2D eigenvalue weighted by atomic mass is 9.74. The van der Waals surface area contributed by atoms with Crippen molar-refractivity contribution in [2.45, 2.75) is 65.3 Å². The van der Waals surface area contributed by atoms with Crippen LogP contribution in [0.15, 0.2) is 36.5 Å². The van der Waals surface area contributed by atoms with Crippen LogP contribution in [0.2, 0.25) is 0 Å². The van der Waals surface area contributed by atoms with Crippen LogP contribution < -0.4 is 14.4 Å². The second-order valence-corrected chi connectivity index (χ2v) is 11.1. The number of pyridine rings is 1. The van der Waals surface area contributed by atoms with Gasteiger partial charge in [0.05, 0.1) is 33.2 Å². The van der Waals surface area contributed by atoms with Gasteiger partial charge in [-0.2, -0.15) is 0 Å². The van der Waals surface area contributed by atoms with Crippen LogP contribution in [0.25, 0.3) is 0 Å². The number of anilines is 1. The number of aryl methyl sites for hydroxylation is 1. The maximum Gasteiger partial charge on any atom is 0.224 e. The first kappa shape index (κ1) is 27.2. The van der Waals surface area contributed by atoms with Crippen LogP contribution in [-0.4, -0.2) is 72.7 Å². The van der Waals surface area contributed by atoms with Gasteiger partial charge in [-0.25, -0.2) is 4.98 Å². The van der Waals surface area contributed by atoms with Gasteiger partial charge >= 0.3 is 0 Å². The first-order valence-corrected chi connectivity index (χ1v) is 13.2. The molecule has 2 fully saturated rings. The van der Waals surface area contributed by atoms with Gasteiger partial charge in [-0.05, 0) is 61.9 Å². The topological polar surface area (TPSA) is 84.4 Å². The van der Waals surface area contributed by atoms with Gasteiger partial charge in [0.2, 0.25) is 5.91 Å². The van der Waals surface area contributed by atoms with E-state index in [4.69, 9.17) is 14.2 Å². The zero-order valence-corrected chi connectivity index (χ0v) is 23.0. The van der Waals surface area contributed by atoms with Crippen LogP contribution >= 0.6 is 0 Å². The van der Waals surface area contributed by atoms with E-state index in [9.17, 15) is 9.90 Å². The number of aromatic nitrogens is 1. The van der Waals surface area contributed by atoms with Gasteiger partial charge in [-0.15, -0.1) is 0 Å². The Hall–Kier alpha value is -2.84. The number of benzene rings is 1. The number of likely N-dealkylation sites (tertiary alicyclic amines) is 1. The van der Waals surface area contributed by atoms with E-state index in [0.29, 0.717) is 18.8 Å². The number of carbonyl (C=O) groups is 1. The Morgan fingerprint density at radius 2 is 1.95 bits per heavy atom. The summed E-state index contributed by atoms with van der Waals surface area (Å²) in [4.78, 5) is 21.6. The summed E-state index contributed by atoms with van der Waals surface area (Å²) in [6, 6.07) is 10.3. The fourth-order valence-corrected chi connectivity index (χ4v) is 5.18. The Bertz CT molecular complexity index is 1080. The van der Waals surface area contributed by atoms with Crippen molar-refractivity contribution in [3.63, 3.8) is 0 Å². The molecule has 2 aromatic rings. The minimum absolute atomic E-state index is 0.0516. The van der Waals surface area contributed by atoms with E-state index in [0.717, 1.165) is 42.2 Å². The highest BCUT2D eigenvalue weighted by molar-refractivity contribution is 5.77. The molecule has 202 valence electrons. The molecule has 0 saturated carbocycles. The Labute approximate surface area is 220 Å². The van der Waals surface area contributed by atoms with Crippen LogP contribution in [0.3, 0.4) is 0 Å². The van der Waals surface area contributed by atoms with E-state index in [1.54, 1.807) is 21.0 Å². The van der Waals surface area contributed by atoms with Gasteiger partial charge in [0.25, 0.3) is 0 Å². The molecule has 2 atom stereocenters. The van der Waals surface area contributed by atoms with Crippen molar-refractivity contribution in [3.8, 4) is 11.5 Å². The van der Waals surface area contributed by atoms with E-state index >= 15 is 0 Å². The largest absolute Gasteiger partial charge is 0.493 e. The lowest BCUT2D eigenvalue weighted by Gasteiger charge is -2.40. The number of amides is 1. The van der Waals surface area contributed by atoms with E-state index in [1.807, 2.05) is 30.2 Å². The number of carbonyl (C=O) groups excluding carboxylic acids is 1. The van der Waals surface area contributed by atoms with E-state index in [1.165, 1.54) is 0 Å². The molecule has 2 aliphatic rings. The lowest BCUT2D eigenvalue weighted by molar-refractivity contribution is -0.178. The van der Waals surface area contributed by atoms with Gasteiger partial charge in [0, 0.05) is 25.2 Å². The summed E-state index contributed by atoms with van der Waals surface area (Å²) < 4.78 is 17.4. The Balaban J connectivity index is 1.43. The summed E-state index contributed by atoms with van der Waals surface area (Å²) in [5.41, 5.74) is 2.25. The molecule has 8 nitrogen and oxygen atoms in total. The van der Waals surface area contributed by atoms with Crippen molar-refractivity contribution < 1.29 is 24.1 Å². The quantitative estimate of drug-likeness (QED) is 0.480. The van der Waals surface area contributed by atoms with Gasteiger partial charge in [-0.1, -0.05) is 26.0 Å². The molecule has 2 saturated heterocycles. The van der Waals surface area contributed by atoms with E-state index in [2.05, 4.69) is 41.9 Å². The van der Waals surface area contributed by atoms with E-state index in [-0.39, 0.29) is 36.4 Å². The molecule has 8 heteroatoms. The maximum atomic E-state index is 12.9. The number of nitrogens with zero attached hydrogens (tertiary/aromatic N) is 3. The molecule has 4 rings (SSSR count). The molecule has 2 aliphatic heterocycles. The number of ether oxygens (including phenoxy) is 3. The smallest absolute Gasteiger partial charge is 0.224 e. The molecule has 1 unspecified atom stereocenters. The summed E-state index contributed by atoms with van der Waals surface area (Å²) in [5.74, 6) is 1.41. The summed E-state index contributed by atoms with van der Waals surface area (Å²) in [6.07, 6.45) is 3.14. The number of hydrogen-bond donors (Lipinski definition) is 1. The van der Waals surface area contributed by atoms with Crippen molar-refractivity contribution in [2.24, 2.45) is 5.41 Å². The van der Waals surface area contributed by atoms with Crippen molar-refractivity contribution in [1.82, 2.24) is 9.88 Å². The Morgan fingerprint density at radius 3 is 2.57 bits per heavy atom. The summed E-state index contributed by atoms with van der Waals surface area (Å²) in [5, 5.41) is 9.77. The zero-order valence-electron chi connectivity index (χ0n) is 23.0. The molecule has 0 bridgehead atoms. The molecule has 0 spiro atoms. The highest BCUT2D eigenvalue weighted by Crippen LogP contribution is 2.47. The number of methoxy groups -OCH3 is 1. The second-order valence-electron chi connectivity index (χ2n) is 11.1. The number of hydrogen-bond acceptors (Lipinski definition) is 7. The second kappa shape index (κ2) is 10.9. The van der Waals surface area contributed by atoms with Crippen LogP contribution in [0.1, 0.15) is 57.6 Å². The van der Waals surface area contributed by atoms with Gasteiger partial charge < -0.3 is 29.1 Å². The molecule has 1 aromatic carbocycles. The van der Waals surface area contributed by atoms with Crippen molar-refractivity contribution in [1.29, 1.82) is 0 Å². The molecule has 0 aliphatic carbocycles. The first-order valence-electron chi connectivity index (χ1n) is 13.2.